The van der Waals surface area contributed by atoms with Crippen LogP contribution in [0.2, 0.25) is 0 Å². The predicted octanol–water partition coefficient (Wildman–Crippen LogP) is 2.11. The summed E-state index contributed by atoms with van der Waals surface area (Å²) < 4.78 is 37.0. The number of sulfonamides is 1. The SMILES string of the molecule is CN(Cc1ccc2c(c1)OCO2)S(=O)(=O)c1cccc(C#N)c1. The van der Waals surface area contributed by atoms with Gasteiger partial charge in [-0.25, -0.2) is 8.42 Å². The molecule has 0 saturated heterocycles. The molecule has 1 aliphatic rings. The second-order valence-electron chi connectivity index (χ2n) is 5.09. The number of nitrogens with zero attached hydrogens (tertiary/aromatic N) is 2. The first-order valence-electron chi connectivity index (χ1n) is 6.86. The molecule has 0 spiro atoms. The molecule has 6 nitrogen and oxygen atoms in total. The van der Waals surface area contributed by atoms with Gasteiger partial charge in [0.1, 0.15) is 0 Å². The molecule has 23 heavy (non-hydrogen) atoms. The molecule has 3 rings (SSSR count). The Kier molecular flexibility index (Phi) is 3.94. The Morgan fingerprint density at radius 3 is 2.74 bits per heavy atom. The van der Waals surface area contributed by atoms with E-state index in [2.05, 4.69) is 0 Å². The summed E-state index contributed by atoms with van der Waals surface area (Å²) in [6.07, 6.45) is 0. The summed E-state index contributed by atoms with van der Waals surface area (Å²) in [5.74, 6) is 1.26. The number of fused-ring (bicyclic) bond motifs is 1. The molecule has 0 fully saturated rings. The first kappa shape index (κ1) is 15.3. The van der Waals surface area contributed by atoms with Gasteiger partial charge in [-0.2, -0.15) is 9.57 Å². The minimum Gasteiger partial charge on any atom is -0.454 e. The molecule has 118 valence electrons. The fraction of sp³-hybridized carbons (Fsp3) is 0.188. The van der Waals surface area contributed by atoms with Gasteiger partial charge >= 0.3 is 0 Å². The third-order valence-corrected chi connectivity index (χ3v) is 5.31. The third kappa shape index (κ3) is 2.99. The molecule has 2 aromatic rings. The minimum absolute atomic E-state index is 0.0970. The number of nitriles is 1. The minimum atomic E-state index is -3.67. The maximum atomic E-state index is 12.6. The van der Waals surface area contributed by atoms with Gasteiger partial charge in [0.05, 0.1) is 16.5 Å². The average Bonchev–Trinajstić information content (AvgIpc) is 3.02. The lowest BCUT2D eigenvalue weighted by Crippen LogP contribution is -2.26. The van der Waals surface area contributed by atoms with Crippen LogP contribution in [0.4, 0.5) is 0 Å². The highest BCUT2D eigenvalue weighted by Gasteiger charge is 2.22. The maximum Gasteiger partial charge on any atom is 0.243 e. The highest BCUT2D eigenvalue weighted by atomic mass is 32.2. The quantitative estimate of drug-likeness (QED) is 0.858. The number of benzene rings is 2. The van der Waals surface area contributed by atoms with Crippen LogP contribution in [0.15, 0.2) is 47.4 Å². The lowest BCUT2D eigenvalue weighted by molar-refractivity contribution is 0.174. The van der Waals surface area contributed by atoms with Gasteiger partial charge in [-0.1, -0.05) is 12.1 Å². The normalized spacial score (nSPS) is 13.1. The van der Waals surface area contributed by atoms with E-state index in [0.717, 1.165) is 5.56 Å². The molecular formula is C16H14N2O4S. The topological polar surface area (TPSA) is 79.6 Å². The summed E-state index contributed by atoms with van der Waals surface area (Å²) in [5.41, 5.74) is 1.10. The number of rotatable bonds is 4. The monoisotopic (exact) mass is 330 g/mol. The molecule has 0 saturated carbocycles. The van der Waals surface area contributed by atoms with Crippen LogP contribution in [0.5, 0.6) is 11.5 Å². The van der Waals surface area contributed by atoms with Crippen LogP contribution < -0.4 is 9.47 Å². The number of hydrogen-bond donors (Lipinski definition) is 0. The highest BCUT2D eigenvalue weighted by molar-refractivity contribution is 7.89. The van der Waals surface area contributed by atoms with Crippen LogP contribution >= 0.6 is 0 Å². The van der Waals surface area contributed by atoms with Crippen LogP contribution in [-0.2, 0) is 16.6 Å². The average molecular weight is 330 g/mol. The first-order chi connectivity index (χ1) is 11.0. The molecule has 0 N–H and O–H groups in total. The van der Waals surface area contributed by atoms with Gasteiger partial charge in [0.25, 0.3) is 0 Å². The molecule has 0 radical (unpaired) electrons. The molecule has 2 aromatic carbocycles. The number of hydrogen-bond acceptors (Lipinski definition) is 5. The molecule has 0 unspecified atom stereocenters. The van der Waals surface area contributed by atoms with Crippen LogP contribution in [0.1, 0.15) is 11.1 Å². The first-order valence-corrected chi connectivity index (χ1v) is 8.30. The Labute approximate surface area is 134 Å². The highest BCUT2D eigenvalue weighted by Crippen LogP contribution is 2.33. The smallest absolute Gasteiger partial charge is 0.243 e. The second-order valence-corrected chi connectivity index (χ2v) is 7.13. The zero-order valence-electron chi connectivity index (χ0n) is 12.4. The molecule has 0 aromatic heterocycles. The lowest BCUT2D eigenvalue weighted by Gasteiger charge is -2.17. The molecule has 1 aliphatic heterocycles. The molecule has 0 bridgehead atoms. The van der Waals surface area contributed by atoms with Crippen LogP contribution in [-0.4, -0.2) is 26.6 Å². The molecule has 7 heteroatoms. The third-order valence-electron chi connectivity index (χ3n) is 3.51. The summed E-state index contributed by atoms with van der Waals surface area (Å²) in [7, 11) is -2.17. The van der Waals surface area contributed by atoms with Gasteiger partial charge in [0, 0.05) is 13.6 Å². The van der Waals surface area contributed by atoms with Crippen molar-refractivity contribution in [1.29, 1.82) is 5.26 Å². The summed E-state index contributed by atoms with van der Waals surface area (Å²) in [4.78, 5) is 0.0970. The second kappa shape index (κ2) is 5.91. The van der Waals surface area contributed by atoms with Gasteiger partial charge in [-0.05, 0) is 35.9 Å². The fourth-order valence-corrected chi connectivity index (χ4v) is 3.49. The van der Waals surface area contributed by atoms with Gasteiger partial charge in [-0.3, -0.25) is 0 Å². The van der Waals surface area contributed by atoms with Crippen molar-refractivity contribution in [3.63, 3.8) is 0 Å². The van der Waals surface area contributed by atoms with E-state index in [0.29, 0.717) is 17.1 Å². The fourth-order valence-electron chi connectivity index (χ4n) is 2.29. The Morgan fingerprint density at radius 2 is 1.96 bits per heavy atom. The van der Waals surface area contributed by atoms with Crippen molar-refractivity contribution in [2.75, 3.05) is 13.8 Å². The standard InChI is InChI=1S/C16H14N2O4S/c1-18(10-13-5-6-15-16(8-13)22-11-21-15)23(19,20)14-4-2-3-12(7-14)9-17/h2-8H,10-11H2,1H3. The summed E-state index contributed by atoms with van der Waals surface area (Å²) in [5, 5.41) is 8.91. The van der Waals surface area contributed by atoms with Crippen molar-refractivity contribution >= 4 is 10.0 Å². The Balaban J connectivity index is 1.84. The maximum absolute atomic E-state index is 12.6. The van der Waals surface area contributed by atoms with Gasteiger partial charge in [0.2, 0.25) is 16.8 Å². The van der Waals surface area contributed by atoms with E-state index in [1.165, 1.54) is 23.5 Å². The van der Waals surface area contributed by atoms with Gasteiger partial charge < -0.3 is 9.47 Å². The van der Waals surface area contributed by atoms with E-state index in [1.807, 2.05) is 6.07 Å². The van der Waals surface area contributed by atoms with Crippen molar-refractivity contribution in [1.82, 2.24) is 4.31 Å². The summed E-state index contributed by atoms with van der Waals surface area (Å²) in [6.45, 7) is 0.365. The zero-order chi connectivity index (χ0) is 16.4. The molecular weight excluding hydrogens is 316 g/mol. The molecule has 0 amide bonds. The van der Waals surface area contributed by atoms with Crippen molar-refractivity contribution in [3.8, 4) is 17.6 Å². The summed E-state index contributed by atoms with van der Waals surface area (Å²) >= 11 is 0. The lowest BCUT2D eigenvalue weighted by atomic mass is 10.2. The van der Waals surface area contributed by atoms with E-state index < -0.39 is 10.0 Å². The Bertz CT molecular complexity index is 887. The predicted molar refractivity (Wildman–Crippen MR) is 82.4 cm³/mol. The van der Waals surface area contributed by atoms with E-state index in [9.17, 15) is 8.42 Å². The molecule has 1 heterocycles. The van der Waals surface area contributed by atoms with Crippen molar-refractivity contribution in [2.24, 2.45) is 0 Å². The van der Waals surface area contributed by atoms with Crippen molar-refractivity contribution in [3.05, 3.63) is 53.6 Å². The van der Waals surface area contributed by atoms with E-state index in [1.54, 1.807) is 30.3 Å². The van der Waals surface area contributed by atoms with Crippen LogP contribution in [0, 0.1) is 11.3 Å². The van der Waals surface area contributed by atoms with Gasteiger partial charge in [0.15, 0.2) is 11.5 Å². The Morgan fingerprint density at radius 1 is 1.17 bits per heavy atom. The zero-order valence-corrected chi connectivity index (χ0v) is 13.2. The Hall–Kier alpha value is -2.56. The van der Waals surface area contributed by atoms with Crippen LogP contribution in [0.3, 0.4) is 0 Å². The van der Waals surface area contributed by atoms with E-state index in [4.69, 9.17) is 14.7 Å². The van der Waals surface area contributed by atoms with E-state index >= 15 is 0 Å². The largest absolute Gasteiger partial charge is 0.454 e. The number of ether oxygens (including phenoxy) is 2. The van der Waals surface area contributed by atoms with Crippen molar-refractivity contribution < 1.29 is 17.9 Å². The molecule has 0 atom stereocenters. The summed E-state index contributed by atoms with van der Waals surface area (Å²) in [6, 6.07) is 13.2. The van der Waals surface area contributed by atoms with E-state index in [-0.39, 0.29) is 18.2 Å². The van der Waals surface area contributed by atoms with Crippen LogP contribution in [0.25, 0.3) is 0 Å². The van der Waals surface area contributed by atoms with Gasteiger partial charge in [-0.15, -0.1) is 0 Å². The van der Waals surface area contributed by atoms with Crippen molar-refractivity contribution in [2.45, 2.75) is 11.4 Å². The molecule has 0 aliphatic carbocycles.